The standard InChI is InChI=1S/C36H47FN4O5/c1-5-9-21-41-22-20-32(31(37)24-41)45-29-15-10-25(11-16-29)35(42)38-27-12-17-30(18-13-27)46-33-19-14-28(23-34(33)44-8-4)40-36(43)39-26(6-2)7-3/h10-19,23,26,31-32H,5-9,20-22,24H2,1-4H3,(H,38,42)(H2,39,40,43). The second kappa shape index (κ2) is 17.4. The zero-order chi connectivity index (χ0) is 32.9. The van der Waals surface area contributed by atoms with Crippen molar-refractivity contribution in [3.05, 3.63) is 72.3 Å². The van der Waals surface area contributed by atoms with Crippen LogP contribution in [0, 0.1) is 0 Å². The van der Waals surface area contributed by atoms with E-state index in [1.165, 1.54) is 0 Å². The largest absolute Gasteiger partial charge is 0.490 e. The Morgan fingerprint density at radius 3 is 2.24 bits per heavy atom. The Bertz CT molecular complexity index is 1400. The number of urea groups is 1. The van der Waals surface area contributed by atoms with Gasteiger partial charge in [0.15, 0.2) is 11.5 Å². The summed E-state index contributed by atoms with van der Waals surface area (Å²) in [7, 11) is 0. The number of nitrogens with zero attached hydrogens (tertiary/aromatic N) is 1. The predicted octanol–water partition coefficient (Wildman–Crippen LogP) is 8.03. The van der Waals surface area contributed by atoms with Crippen LogP contribution in [0.3, 0.4) is 0 Å². The number of piperidine rings is 1. The normalized spacial score (nSPS) is 16.5. The Hall–Kier alpha value is -4.31. The van der Waals surface area contributed by atoms with E-state index in [9.17, 15) is 14.0 Å². The minimum absolute atomic E-state index is 0.113. The second-order valence-electron chi connectivity index (χ2n) is 11.4. The molecule has 9 nitrogen and oxygen atoms in total. The third-order valence-electron chi connectivity index (χ3n) is 7.96. The topological polar surface area (TPSA) is 101 Å². The van der Waals surface area contributed by atoms with Crippen molar-refractivity contribution in [3.8, 4) is 23.0 Å². The third kappa shape index (κ3) is 10.1. The molecule has 248 valence electrons. The Morgan fingerprint density at radius 1 is 0.891 bits per heavy atom. The predicted molar refractivity (Wildman–Crippen MR) is 180 cm³/mol. The van der Waals surface area contributed by atoms with Crippen LogP contribution in [0.5, 0.6) is 23.0 Å². The van der Waals surface area contributed by atoms with Crippen LogP contribution in [-0.2, 0) is 0 Å². The fourth-order valence-corrected chi connectivity index (χ4v) is 5.24. The van der Waals surface area contributed by atoms with Crippen molar-refractivity contribution in [2.75, 3.05) is 36.9 Å². The summed E-state index contributed by atoms with van der Waals surface area (Å²) >= 11 is 0. The number of rotatable bonds is 15. The highest BCUT2D eigenvalue weighted by Gasteiger charge is 2.30. The lowest BCUT2D eigenvalue weighted by molar-refractivity contribution is 0.0216. The number of likely N-dealkylation sites (tertiary alicyclic amines) is 1. The van der Waals surface area contributed by atoms with Gasteiger partial charge in [0.25, 0.3) is 5.91 Å². The average Bonchev–Trinajstić information content (AvgIpc) is 3.06. The number of ether oxygens (including phenoxy) is 3. The molecule has 0 aliphatic carbocycles. The molecule has 0 aromatic heterocycles. The number of alkyl halides is 1. The molecule has 1 fully saturated rings. The molecule has 46 heavy (non-hydrogen) atoms. The quantitative estimate of drug-likeness (QED) is 0.157. The number of amides is 3. The zero-order valence-electron chi connectivity index (χ0n) is 27.3. The van der Waals surface area contributed by atoms with Crippen molar-refractivity contribution in [2.45, 2.75) is 78.1 Å². The van der Waals surface area contributed by atoms with E-state index in [2.05, 4.69) is 27.8 Å². The SMILES string of the molecule is CCCCN1CCC(Oc2ccc(C(=O)Nc3ccc(Oc4ccc(NC(=O)NC(CC)CC)cc4OCC)cc3)cc2)C(F)C1. The van der Waals surface area contributed by atoms with Crippen LogP contribution in [-0.4, -0.2) is 61.4 Å². The van der Waals surface area contributed by atoms with Crippen molar-refractivity contribution in [1.82, 2.24) is 10.2 Å². The summed E-state index contributed by atoms with van der Waals surface area (Å²) in [6, 6.07) is 18.8. The Balaban J connectivity index is 1.30. The summed E-state index contributed by atoms with van der Waals surface area (Å²) in [4.78, 5) is 27.4. The van der Waals surface area contributed by atoms with E-state index in [0.717, 1.165) is 38.8 Å². The Labute approximate surface area is 271 Å². The molecule has 3 N–H and O–H groups in total. The summed E-state index contributed by atoms with van der Waals surface area (Å²) < 4.78 is 32.5. The van der Waals surface area contributed by atoms with Gasteiger partial charge in [-0.15, -0.1) is 0 Å². The maximum Gasteiger partial charge on any atom is 0.319 e. The molecule has 1 heterocycles. The molecule has 3 aromatic rings. The number of hydrogen-bond acceptors (Lipinski definition) is 6. The molecule has 2 unspecified atom stereocenters. The minimum Gasteiger partial charge on any atom is -0.490 e. The Morgan fingerprint density at radius 2 is 1.59 bits per heavy atom. The van der Waals surface area contributed by atoms with Crippen LogP contribution in [0.1, 0.15) is 70.2 Å². The van der Waals surface area contributed by atoms with Crippen LogP contribution >= 0.6 is 0 Å². The van der Waals surface area contributed by atoms with E-state index in [-0.39, 0.29) is 18.0 Å². The lowest BCUT2D eigenvalue weighted by Crippen LogP contribution is -2.47. The fraction of sp³-hybridized carbons (Fsp3) is 0.444. The van der Waals surface area contributed by atoms with Crippen LogP contribution < -0.4 is 30.2 Å². The number of nitrogens with one attached hydrogen (secondary N) is 3. The molecule has 2 atom stereocenters. The van der Waals surface area contributed by atoms with Gasteiger partial charge in [-0.2, -0.15) is 0 Å². The molecule has 1 aliphatic heterocycles. The maximum atomic E-state index is 14.7. The molecule has 1 saturated heterocycles. The number of benzene rings is 3. The van der Waals surface area contributed by atoms with Crippen LogP contribution in [0.2, 0.25) is 0 Å². The number of carbonyl (C=O) groups excluding carboxylic acids is 2. The number of hydrogen-bond donors (Lipinski definition) is 3. The van der Waals surface area contributed by atoms with E-state index in [1.807, 2.05) is 20.8 Å². The highest BCUT2D eigenvalue weighted by atomic mass is 19.1. The number of carbonyl (C=O) groups is 2. The van der Waals surface area contributed by atoms with Gasteiger partial charge in [-0.25, -0.2) is 9.18 Å². The molecular formula is C36H47FN4O5. The summed E-state index contributed by atoms with van der Waals surface area (Å²) in [6.07, 6.45) is 2.99. The van der Waals surface area contributed by atoms with Crippen molar-refractivity contribution in [2.24, 2.45) is 0 Å². The molecule has 3 aromatic carbocycles. The van der Waals surface area contributed by atoms with Gasteiger partial charge in [0.05, 0.1) is 6.61 Å². The molecule has 3 amide bonds. The second-order valence-corrected chi connectivity index (χ2v) is 11.4. The van der Waals surface area contributed by atoms with Crippen LogP contribution in [0.25, 0.3) is 0 Å². The van der Waals surface area contributed by atoms with Crippen molar-refractivity contribution >= 4 is 23.3 Å². The van der Waals surface area contributed by atoms with E-state index < -0.39 is 12.3 Å². The van der Waals surface area contributed by atoms with Crippen molar-refractivity contribution in [3.63, 3.8) is 0 Å². The number of anilines is 2. The molecular weight excluding hydrogens is 587 g/mol. The Kier molecular flexibility index (Phi) is 13.1. The molecule has 1 aliphatic rings. The van der Waals surface area contributed by atoms with Crippen molar-refractivity contribution < 1.29 is 28.2 Å². The first-order valence-corrected chi connectivity index (χ1v) is 16.4. The van der Waals surface area contributed by atoms with E-state index >= 15 is 0 Å². The smallest absolute Gasteiger partial charge is 0.319 e. The molecule has 0 bridgehead atoms. The highest BCUT2D eigenvalue weighted by molar-refractivity contribution is 6.04. The van der Waals surface area contributed by atoms with Gasteiger partial charge in [0.2, 0.25) is 0 Å². The summed E-state index contributed by atoms with van der Waals surface area (Å²) in [6.45, 7) is 10.6. The first kappa shape index (κ1) is 34.6. The van der Waals surface area contributed by atoms with E-state index in [0.29, 0.717) is 59.5 Å². The molecule has 4 rings (SSSR count). The summed E-state index contributed by atoms with van der Waals surface area (Å²) in [5, 5.41) is 8.69. The molecule has 0 radical (unpaired) electrons. The lowest BCUT2D eigenvalue weighted by atomic mass is 10.1. The van der Waals surface area contributed by atoms with Gasteiger partial charge >= 0.3 is 6.03 Å². The van der Waals surface area contributed by atoms with Crippen molar-refractivity contribution in [1.29, 1.82) is 0 Å². The van der Waals surface area contributed by atoms with Gasteiger partial charge < -0.3 is 35.1 Å². The average molecular weight is 635 g/mol. The van der Waals surface area contributed by atoms with E-state index in [1.54, 1.807) is 66.7 Å². The molecule has 10 heteroatoms. The number of halogens is 1. The van der Waals surface area contributed by atoms with Gasteiger partial charge in [0.1, 0.15) is 23.8 Å². The van der Waals surface area contributed by atoms with Gasteiger partial charge in [-0.3, -0.25) is 4.79 Å². The number of unbranched alkanes of at least 4 members (excludes halogenated alkanes) is 1. The van der Waals surface area contributed by atoms with Gasteiger partial charge in [-0.1, -0.05) is 27.2 Å². The fourth-order valence-electron chi connectivity index (χ4n) is 5.24. The first-order valence-electron chi connectivity index (χ1n) is 16.4. The summed E-state index contributed by atoms with van der Waals surface area (Å²) in [5.74, 6) is 1.81. The van der Waals surface area contributed by atoms with E-state index in [4.69, 9.17) is 14.2 Å². The molecule has 0 saturated carbocycles. The third-order valence-corrected chi connectivity index (χ3v) is 7.96. The highest BCUT2D eigenvalue weighted by Crippen LogP contribution is 2.34. The lowest BCUT2D eigenvalue weighted by Gasteiger charge is -2.34. The molecule has 0 spiro atoms. The van der Waals surface area contributed by atoms with Gasteiger partial charge in [-0.05, 0) is 99.8 Å². The first-order chi connectivity index (χ1) is 22.3. The van der Waals surface area contributed by atoms with Gasteiger partial charge in [0, 0.05) is 42.1 Å². The summed E-state index contributed by atoms with van der Waals surface area (Å²) in [5.41, 5.74) is 1.65. The monoisotopic (exact) mass is 634 g/mol. The zero-order valence-corrected chi connectivity index (χ0v) is 27.3. The van der Waals surface area contributed by atoms with Crippen LogP contribution in [0.15, 0.2) is 66.7 Å². The maximum absolute atomic E-state index is 14.7. The van der Waals surface area contributed by atoms with Crippen LogP contribution in [0.4, 0.5) is 20.6 Å². The minimum atomic E-state index is -1.04.